The second kappa shape index (κ2) is 12.4. The average Bonchev–Trinajstić information content (AvgIpc) is 2.79. The van der Waals surface area contributed by atoms with Crippen LogP contribution in [0.25, 0.3) is 12.2 Å². The first-order valence-electron chi connectivity index (χ1n) is 10.1. The van der Waals surface area contributed by atoms with Gasteiger partial charge in [-0.1, -0.05) is 62.2 Å². The van der Waals surface area contributed by atoms with E-state index < -0.39 is 0 Å². The largest absolute Gasteiger partial charge is 0.493 e. The lowest BCUT2D eigenvalue weighted by molar-refractivity contribution is -0.116. The lowest BCUT2D eigenvalue weighted by atomic mass is 10.1. The van der Waals surface area contributed by atoms with Crippen molar-refractivity contribution in [2.24, 2.45) is 0 Å². The Morgan fingerprint density at radius 1 is 0.967 bits per heavy atom. The molecule has 160 valence electrons. The fourth-order valence-corrected chi connectivity index (χ4v) is 3.03. The van der Waals surface area contributed by atoms with Gasteiger partial charge >= 0.3 is 0 Å². The molecule has 0 aromatic heterocycles. The summed E-state index contributed by atoms with van der Waals surface area (Å²) in [5, 5.41) is 3.07. The van der Waals surface area contributed by atoms with E-state index in [1.165, 1.54) is 0 Å². The predicted octanol–water partition coefficient (Wildman–Crippen LogP) is 5.11. The van der Waals surface area contributed by atoms with Crippen LogP contribution in [0.2, 0.25) is 0 Å². The fourth-order valence-electron chi connectivity index (χ4n) is 3.03. The molecule has 0 fully saturated rings. The van der Waals surface area contributed by atoms with E-state index in [2.05, 4.69) is 12.2 Å². The maximum atomic E-state index is 12.4. The van der Waals surface area contributed by atoms with Crippen LogP contribution in [0.15, 0.2) is 54.6 Å². The van der Waals surface area contributed by atoms with Gasteiger partial charge in [0.2, 0.25) is 11.7 Å². The van der Waals surface area contributed by atoms with E-state index in [1.54, 1.807) is 27.4 Å². The van der Waals surface area contributed by atoms with Crippen LogP contribution in [-0.2, 0) is 4.79 Å². The van der Waals surface area contributed by atoms with Gasteiger partial charge in [-0.25, -0.2) is 0 Å². The Hall–Kier alpha value is -3.21. The highest BCUT2D eigenvalue weighted by atomic mass is 16.5. The highest BCUT2D eigenvalue weighted by Crippen LogP contribution is 2.38. The molecule has 0 heterocycles. The molecule has 0 aliphatic carbocycles. The quantitative estimate of drug-likeness (QED) is 0.524. The SMILES string of the molecule is CCCCC(C=Cc1cc(OC)c(OC)c(OC)c1)NC(=O)C=Cc1ccccc1. The maximum absolute atomic E-state index is 12.4. The van der Waals surface area contributed by atoms with Crippen LogP contribution in [0.5, 0.6) is 17.2 Å². The molecule has 2 aromatic carbocycles. The second-order valence-electron chi connectivity index (χ2n) is 6.82. The van der Waals surface area contributed by atoms with Gasteiger partial charge in [-0.15, -0.1) is 0 Å². The third kappa shape index (κ3) is 6.99. The molecule has 30 heavy (non-hydrogen) atoms. The molecule has 2 aromatic rings. The monoisotopic (exact) mass is 409 g/mol. The number of carbonyl (C=O) groups excluding carboxylic acids is 1. The number of amides is 1. The third-order valence-corrected chi connectivity index (χ3v) is 4.63. The number of benzene rings is 2. The first kappa shape index (κ1) is 23.1. The van der Waals surface area contributed by atoms with Crippen LogP contribution >= 0.6 is 0 Å². The summed E-state index contributed by atoms with van der Waals surface area (Å²) in [6.07, 6.45) is 10.3. The second-order valence-corrected chi connectivity index (χ2v) is 6.82. The summed E-state index contributed by atoms with van der Waals surface area (Å²) in [4.78, 5) is 12.4. The number of rotatable bonds is 11. The molecule has 1 atom stereocenters. The van der Waals surface area contributed by atoms with Crippen LogP contribution in [-0.4, -0.2) is 33.3 Å². The van der Waals surface area contributed by atoms with E-state index in [0.717, 1.165) is 30.4 Å². The summed E-state index contributed by atoms with van der Waals surface area (Å²) in [7, 11) is 4.76. The van der Waals surface area contributed by atoms with Gasteiger partial charge in [0.1, 0.15) is 0 Å². The number of ether oxygens (including phenoxy) is 3. The zero-order chi connectivity index (χ0) is 21.8. The van der Waals surface area contributed by atoms with Crippen molar-refractivity contribution in [3.63, 3.8) is 0 Å². The number of hydrogen-bond acceptors (Lipinski definition) is 4. The van der Waals surface area contributed by atoms with Gasteiger partial charge in [-0.3, -0.25) is 4.79 Å². The standard InChI is InChI=1S/C25H31NO4/c1-5-6-12-21(26-24(27)16-14-19-10-8-7-9-11-19)15-13-20-17-22(28-2)25(30-4)23(18-20)29-3/h7-11,13-18,21H,5-6,12H2,1-4H3,(H,26,27). The molecule has 2 rings (SSSR count). The summed E-state index contributed by atoms with van der Waals surface area (Å²) in [6, 6.07) is 13.5. The lowest BCUT2D eigenvalue weighted by Gasteiger charge is -2.15. The van der Waals surface area contributed by atoms with Gasteiger partial charge in [0, 0.05) is 12.1 Å². The van der Waals surface area contributed by atoms with Crippen molar-refractivity contribution < 1.29 is 19.0 Å². The molecular formula is C25H31NO4. The minimum absolute atomic E-state index is 0.0723. The topological polar surface area (TPSA) is 56.8 Å². The zero-order valence-corrected chi connectivity index (χ0v) is 18.2. The minimum atomic E-state index is -0.116. The molecule has 0 saturated carbocycles. The molecule has 1 unspecified atom stereocenters. The van der Waals surface area contributed by atoms with Crippen molar-refractivity contribution in [2.45, 2.75) is 32.2 Å². The number of hydrogen-bond donors (Lipinski definition) is 1. The summed E-state index contributed by atoms with van der Waals surface area (Å²) in [6.45, 7) is 2.14. The molecule has 0 radical (unpaired) electrons. The number of carbonyl (C=O) groups is 1. The summed E-state index contributed by atoms with van der Waals surface area (Å²) in [5.74, 6) is 1.63. The minimum Gasteiger partial charge on any atom is -0.493 e. The fraction of sp³-hybridized carbons (Fsp3) is 0.320. The van der Waals surface area contributed by atoms with E-state index in [1.807, 2.05) is 60.7 Å². The highest BCUT2D eigenvalue weighted by molar-refractivity contribution is 5.92. The van der Waals surface area contributed by atoms with Crippen molar-refractivity contribution >= 4 is 18.1 Å². The molecule has 0 aliphatic rings. The van der Waals surface area contributed by atoms with E-state index in [9.17, 15) is 4.79 Å². The first-order valence-corrected chi connectivity index (χ1v) is 10.1. The summed E-state index contributed by atoms with van der Waals surface area (Å²) >= 11 is 0. The Kier molecular flexibility index (Phi) is 9.52. The maximum Gasteiger partial charge on any atom is 0.244 e. The van der Waals surface area contributed by atoms with Gasteiger partial charge in [-0.05, 0) is 35.8 Å². The van der Waals surface area contributed by atoms with Crippen molar-refractivity contribution in [2.75, 3.05) is 21.3 Å². The van der Waals surface area contributed by atoms with Gasteiger partial charge in [0.15, 0.2) is 11.5 Å². The van der Waals surface area contributed by atoms with Crippen molar-refractivity contribution in [1.29, 1.82) is 0 Å². The Morgan fingerprint density at radius 3 is 2.20 bits per heavy atom. The molecule has 1 amide bonds. The highest BCUT2D eigenvalue weighted by Gasteiger charge is 2.13. The van der Waals surface area contributed by atoms with E-state index in [0.29, 0.717) is 17.2 Å². The van der Waals surface area contributed by atoms with Crippen molar-refractivity contribution in [1.82, 2.24) is 5.32 Å². The smallest absolute Gasteiger partial charge is 0.244 e. The molecular weight excluding hydrogens is 378 g/mol. The molecule has 5 heteroatoms. The van der Waals surface area contributed by atoms with E-state index in [-0.39, 0.29) is 11.9 Å². The zero-order valence-electron chi connectivity index (χ0n) is 18.2. The van der Waals surface area contributed by atoms with Crippen molar-refractivity contribution in [3.8, 4) is 17.2 Å². The van der Waals surface area contributed by atoms with Crippen LogP contribution in [0.3, 0.4) is 0 Å². The number of nitrogens with one attached hydrogen (secondary N) is 1. The number of methoxy groups -OCH3 is 3. The Labute approximate surface area is 179 Å². The molecule has 0 spiro atoms. The van der Waals surface area contributed by atoms with Gasteiger partial charge in [0.05, 0.1) is 21.3 Å². The molecule has 0 bridgehead atoms. The Balaban J connectivity index is 2.14. The van der Waals surface area contributed by atoms with Crippen LogP contribution in [0.4, 0.5) is 0 Å². The molecule has 0 saturated heterocycles. The van der Waals surface area contributed by atoms with Crippen LogP contribution in [0, 0.1) is 0 Å². The average molecular weight is 410 g/mol. The first-order chi connectivity index (χ1) is 14.6. The Bertz CT molecular complexity index is 834. The number of unbranched alkanes of at least 4 members (excludes halogenated alkanes) is 1. The predicted molar refractivity (Wildman–Crippen MR) is 122 cm³/mol. The van der Waals surface area contributed by atoms with E-state index >= 15 is 0 Å². The lowest BCUT2D eigenvalue weighted by Crippen LogP contribution is -2.32. The summed E-state index contributed by atoms with van der Waals surface area (Å²) < 4.78 is 16.2. The van der Waals surface area contributed by atoms with Crippen LogP contribution < -0.4 is 19.5 Å². The molecule has 0 aliphatic heterocycles. The van der Waals surface area contributed by atoms with Crippen LogP contribution in [0.1, 0.15) is 37.3 Å². The third-order valence-electron chi connectivity index (χ3n) is 4.63. The molecule has 1 N–H and O–H groups in total. The van der Waals surface area contributed by atoms with Gasteiger partial charge in [0.25, 0.3) is 0 Å². The van der Waals surface area contributed by atoms with Gasteiger partial charge in [-0.2, -0.15) is 0 Å². The van der Waals surface area contributed by atoms with E-state index in [4.69, 9.17) is 14.2 Å². The normalized spacial score (nSPS) is 12.1. The van der Waals surface area contributed by atoms with Gasteiger partial charge < -0.3 is 19.5 Å². The Morgan fingerprint density at radius 2 is 1.63 bits per heavy atom. The summed E-state index contributed by atoms with van der Waals surface area (Å²) in [5.41, 5.74) is 1.89. The van der Waals surface area contributed by atoms with Crippen molar-refractivity contribution in [3.05, 3.63) is 65.7 Å². The molecule has 5 nitrogen and oxygen atoms in total.